The number of carbonyl (C=O) groups is 1. The Bertz CT molecular complexity index is 426. The van der Waals surface area contributed by atoms with Gasteiger partial charge in [-0.05, 0) is 27.2 Å². The summed E-state index contributed by atoms with van der Waals surface area (Å²) >= 11 is 1.43. The predicted octanol–water partition coefficient (Wildman–Crippen LogP) is 1.36. The number of likely N-dealkylation sites (tertiary alicyclic amines) is 1. The quantitative estimate of drug-likeness (QED) is 0.806. The van der Waals surface area contributed by atoms with Crippen LogP contribution in [0.2, 0.25) is 0 Å². The van der Waals surface area contributed by atoms with Crippen LogP contribution in [0, 0.1) is 13.8 Å². The molecule has 1 aliphatic heterocycles. The maximum atomic E-state index is 12.2. The van der Waals surface area contributed by atoms with Gasteiger partial charge in [-0.3, -0.25) is 4.79 Å². The van der Waals surface area contributed by atoms with Crippen molar-refractivity contribution in [3.63, 3.8) is 0 Å². The van der Waals surface area contributed by atoms with Crippen molar-refractivity contribution in [2.75, 3.05) is 13.1 Å². The lowest BCUT2D eigenvalue weighted by atomic mass is 10.1. The van der Waals surface area contributed by atoms with Crippen molar-refractivity contribution in [2.24, 2.45) is 0 Å². The van der Waals surface area contributed by atoms with Crippen LogP contribution in [-0.4, -0.2) is 39.6 Å². The molecule has 0 aromatic carbocycles. The molecule has 0 aliphatic carbocycles. The van der Waals surface area contributed by atoms with Gasteiger partial charge in [-0.2, -0.15) is 0 Å². The number of hydrogen-bond donors (Lipinski definition) is 1. The number of β-amino-alcohol motifs (C(OH)–C–C–N with tert-alkyl or cyclic N) is 1. The van der Waals surface area contributed by atoms with E-state index < -0.39 is 5.60 Å². The fraction of sp³-hybridized carbons (Fsp3) is 0.636. The number of aliphatic hydroxyl groups is 1. The van der Waals surface area contributed by atoms with E-state index in [1.54, 1.807) is 11.8 Å². The minimum absolute atomic E-state index is 0.000810. The first-order valence-electron chi connectivity index (χ1n) is 5.35. The van der Waals surface area contributed by atoms with Gasteiger partial charge in [0.15, 0.2) is 0 Å². The predicted molar refractivity (Wildman–Crippen MR) is 62.7 cm³/mol. The van der Waals surface area contributed by atoms with Gasteiger partial charge in [0.2, 0.25) is 0 Å². The van der Waals surface area contributed by atoms with E-state index in [2.05, 4.69) is 4.98 Å². The number of aryl methyl sites for hydroxylation is 2. The maximum absolute atomic E-state index is 12.2. The molecule has 88 valence electrons. The molecule has 5 heteroatoms. The molecule has 2 rings (SSSR count). The monoisotopic (exact) mass is 240 g/mol. The largest absolute Gasteiger partial charge is 0.388 e. The number of carbonyl (C=O) groups excluding carboxylic acids is 1. The lowest BCUT2D eigenvalue weighted by molar-refractivity contribution is 0.0574. The molecule has 1 atom stereocenters. The van der Waals surface area contributed by atoms with E-state index in [1.165, 1.54) is 11.3 Å². The third-order valence-corrected chi connectivity index (χ3v) is 3.90. The van der Waals surface area contributed by atoms with Crippen molar-refractivity contribution < 1.29 is 9.90 Å². The first-order chi connectivity index (χ1) is 7.39. The molecule has 2 heterocycles. The van der Waals surface area contributed by atoms with E-state index in [4.69, 9.17) is 0 Å². The normalized spacial score (nSPS) is 25.1. The Morgan fingerprint density at radius 3 is 2.69 bits per heavy atom. The van der Waals surface area contributed by atoms with Gasteiger partial charge in [0.05, 0.1) is 16.3 Å². The summed E-state index contributed by atoms with van der Waals surface area (Å²) in [4.78, 5) is 18.8. The summed E-state index contributed by atoms with van der Waals surface area (Å²) in [6.45, 7) is 6.56. The third kappa shape index (κ3) is 2.10. The Balaban J connectivity index is 2.18. The Morgan fingerprint density at radius 2 is 2.25 bits per heavy atom. The number of rotatable bonds is 1. The minimum atomic E-state index is -0.733. The van der Waals surface area contributed by atoms with Crippen LogP contribution < -0.4 is 0 Å². The van der Waals surface area contributed by atoms with Gasteiger partial charge in [-0.1, -0.05) is 0 Å². The molecule has 1 amide bonds. The van der Waals surface area contributed by atoms with Gasteiger partial charge in [-0.15, -0.1) is 11.3 Å². The summed E-state index contributed by atoms with van der Waals surface area (Å²) < 4.78 is 0. The highest BCUT2D eigenvalue weighted by Gasteiger charge is 2.35. The minimum Gasteiger partial charge on any atom is -0.388 e. The van der Waals surface area contributed by atoms with E-state index >= 15 is 0 Å². The van der Waals surface area contributed by atoms with Crippen LogP contribution in [0.4, 0.5) is 0 Å². The van der Waals surface area contributed by atoms with Gasteiger partial charge in [0.1, 0.15) is 4.88 Å². The van der Waals surface area contributed by atoms with Gasteiger partial charge in [0.25, 0.3) is 5.91 Å². The van der Waals surface area contributed by atoms with Crippen molar-refractivity contribution in [1.29, 1.82) is 0 Å². The lowest BCUT2D eigenvalue weighted by Gasteiger charge is -2.18. The number of hydrogen-bond acceptors (Lipinski definition) is 4. The number of aromatic nitrogens is 1. The van der Waals surface area contributed by atoms with Crippen LogP contribution in [0.3, 0.4) is 0 Å². The van der Waals surface area contributed by atoms with Gasteiger partial charge in [-0.25, -0.2) is 4.98 Å². The highest BCUT2D eigenvalue weighted by Crippen LogP contribution is 2.25. The number of nitrogens with zero attached hydrogens (tertiary/aromatic N) is 2. The molecule has 0 radical (unpaired) electrons. The van der Waals surface area contributed by atoms with Crippen LogP contribution in [0.1, 0.15) is 33.7 Å². The van der Waals surface area contributed by atoms with Crippen LogP contribution in [-0.2, 0) is 0 Å². The molecule has 4 nitrogen and oxygen atoms in total. The Kier molecular flexibility index (Phi) is 2.75. The molecule has 1 aromatic rings. The average molecular weight is 240 g/mol. The number of amides is 1. The van der Waals surface area contributed by atoms with E-state index in [9.17, 15) is 9.90 Å². The SMILES string of the molecule is Cc1nc(C)c(C(=O)N2CCC(C)(O)C2)s1. The van der Waals surface area contributed by atoms with Crippen LogP contribution >= 0.6 is 11.3 Å². The van der Waals surface area contributed by atoms with Crippen molar-refractivity contribution in [3.05, 3.63) is 15.6 Å². The smallest absolute Gasteiger partial charge is 0.265 e. The molecular formula is C11H16N2O2S. The Morgan fingerprint density at radius 1 is 1.56 bits per heavy atom. The van der Waals surface area contributed by atoms with Crippen LogP contribution in [0.25, 0.3) is 0 Å². The Labute approximate surface area is 98.9 Å². The second kappa shape index (κ2) is 3.82. The molecule has 0 saturated carbocycles. The zero-order valence-corrected chi connectivity index (χ0v) is 10.6. The molecule has 1 aromatic heterocycles. The fourth-order valence-corrected chi connectivity index (χ4v) is 2.88. The maximum Gasteiger partial charge on any atom is 0.265 e. The Hall–Kier alpha value is -0.940. The average Bonchev–Trinajstić information content (AvgIpc) is 2.68. The molecule has 1 saturated heterocycles. The summed E-state index contributed by atoms with van der Waals surface area (Å²) in [7, 11) is 0. The molecule has 1 N–H and O–H groups in total. The molecular weight excluding hydrogens is 224 g/mol. The summed E-state index contributed by atoms with van der Waals surface area (Å²) in [5, 5.41) is 10.7. The first-order valence-corrected chi connectivity index (χ1v) is 6.16. The number of thiazole rings is 1. The third-order valence-electron chi connectivity index (χ3n) is 2.84. The van der Waals surface area contributed by atoms with Crippen molar-refractivity contribution in [2.45, 2.75) is 32.8 Å². The highest BCUT2D eigenvalue weighted by atomic mass is 32.1. The topological polar surface area (TPSA) is 53.4 Å². The van der Waals surface area contributed by atoms with Crippen LogP contribution in [0.5, 0.6) is 0 Å². The van der Waals surface area contributed by atoms with Gasteiger partial charge >= 0.3 is 0 Å². The molecule has 16 heavy (non-hydrogen) atoms. The summed E-state index contributed by atoms with van der Waals surface area (Å²) in [5.41, 5.74) is 0.0579. The van der Waals surface area contributed by atoms with Crippen molar-refractivity contribution in [3.8, 4) is 0 Å². The summed E-state index contributed by atoms with van der Waals surface area (Å²) in [6.07, 6.45) is 0.648. The van der Waals surface area contributed by atoms with E-state index in [0.717, 1.165) is 10.7 Å². The van der Waals surface area contributed by atoms with Gasteiger partial charge in [0, 0.05) is 13.1 Å². The molecule has 1 aliphatic rings. The van der Waals surface area contributed by atoms with Crippen molar-refractivity contribution >= 4 is 17.2 Å². The lowest BCUT2D eigenvalue weighted by Crippen LogP contribution is -2.33. The second-order valence-electron chi connectivity index (χ2n) is 4.62. The zero-order valence-electron chi connectivity index (χ0n) is 9.78. The standard InChI is InChI=1S/C11H16N2O2S/c1-7-9(16-8(2)12-7)10(14)13-5-4-11(3,15)6-13/h15H,4-6H2,1-3H3. The van der Waals surface area contributed by atoms with Crippen LogP contribution in [0.15, 0.2) is 0 Å². The molecule has 1 fully saturated rings. The molecule has 0 spiro atoms. The second-order valence-corrected chi connectivity index (χ2v) is 5.82. The summed E-state index contributed by atoms with van der Waals surface area (Å²) in [6, 6.07) is 0. The van der Waals surface area contributed by atoms with E-state index in [0.29, 0.717) is 24.4 Å². The van der Waals surface area contributed by atoms with Gasteiger partial charge < -0.3 is 10.0 Å². The zero-order chi connectivity index (χ0) is 11.9. The summed E-state index contributed by atoms with van der Waals surface area (Å²) in [5.74, 6) is 0.000810. The van der Waals surface area contributed by atoms with Crippen molar-refractivity contribution in [1.82, 2.24) is 9.88 Å². The van der Waals surface area contributed by atoms with E-state index in [1.807, 2.05) is 13.8 Å². The molecule has 1 unspecified atom stereocenters. The molecule has 0 bridgehead atoms. The highest BCUT2D eigenvalue weighted by molar-refractivity contribution is 7.13. The fourth-order valence-electron chi connectivity index (χ4n) is 1.99. The van der Waals surface area contributed by atoms with E-state index in [-0.39, 0.29) is 5.91 Å². The first kappa shape index (κ1) is 11.5.